The molecule has 41 heavy (non-hydrogen) atoms. The molecule has 0 spiro atoms. The average Bonchev–Trinajstić information content (AvgIpc) is 2.98. The van der Waals surface area contributed by atoms with Crippen molar-refractivity contribution in [3.63, 3.8) is 0 Å². The molecule has 2 aliphatic rings. The normalized spacial score (nSPS) is 16.1. The third kappa shape index (κ3) is 6.82. The molecule has 3 N–H and O–H groups in total. The number of fused-ring (bicyclic) bond motifs is 1. The number of amides is 2. The predicted molar refractivity (Wildman–Crippen MR) is 157 cm³/mol. The second-order valence-electron chi connectivity index (χ2n) is 10.6. The van der Waals surface area contributed by atoms with Gasteiger partial charge in [0, 0.05) is 31.2 Å². The van der Waals surface area contributed by atoms with E-state index in [0.29, 0.717) is 36.8 Å². The number of aryl methyl sites for hydroxylation is 2. The third-order valence-electron chi connectivity index (χ3n) is 7.74. The van der Waals surface area contributed by atoms with Crippen LogP contribution in [0.25, 0.3) is 11.1 Å². The maximum atomic E-state index is 13.2. The van der Waals surface area contributed by atoms with E-state index in [4.69, 9.17) is 15.2 Å². The number of ketones is 1. The molecule has 1 fully saturated rings. The minimum absolute atomic E-state index is 0.0237. The van der Waals surface area contributed by atoms with Crippen LogP contribution in [0.1, 0.15) is 33.1 Å². The van der Waals surface area contributed by atoms with E-state index in [1.54, 1.807) is 12.1 Å². The molecule has 9 heteroatoms. The molecule has 0 aromatic heterocycles. The molecule has 2 amide bonds. The summed E-state index contributed by atoms with van der Waals surface area (Å²) in [5, 5.41) is 3.45. The Morgan fingerprint density at radius 1 is 0.976 bits per heavy atom. The van der Waals surface area contributed by atoms with Crippen LogP contribution in [0.4, 0.5) is 5.69 Å². The zero-order valence-corrected chi connectivity index (χ0v) is 23.5. The number of ether oxygens (including phenoxy) is 2. The first-order chi connectivity index (χ1) is 19.8. The van der Waals surface area contributed by atoms with Gasteiger partial charge in [-0.15, -0.1) is 0 Å². The molecule has 214 valence electrons. The van der Waals surface area contributed by atoms with Gasteiger partial charge in [-0.3, -0.25) is 24.2 Å². The average molecular weight is 557 g/mol. The van der Waals surface area contributed by atoms with E-state index >= 15 is 0 Å². The van der Waals surface area contributed by atoms with Crippen LogP contribution in [0.15, 0.2) is 60.7 Å². The highest BCUT2D eigenvalue weighted by atomic mass is 16.5. The van der Waals surface area contributed by atoms with Crippen molar-refractivity contribution in [1.82, 2.24) is 10.2 Å². The maximum absolute atomic E-state index is 13.2. The quantitative estimate of drug-likeness (QED) is 0.395. The number of carbonyl (C=O) groups is 3. The number of morpholine rings is 1. The fraction of sp³-hybridized carbons (Fsp3) is 0.344. The van der Waals surface area contributed by atoms with Crippen molar-refractivity contribution >= 4 is 23.3 Å². The monoisotopic (exact) mass is 556 g/mol. The van der Waals surface area contributed by atoms with Crippen molar-refractivity contribution in [3.8, 4) is 16.9 Å². The summed E-state index contributed by atoms with van der Waals surface area (Å²) >= 11 is 0. The van der Waals surface area contributed by atoms with Gasteiger partial charge < -0.3 is 20.5 Å². The molecule has 2 aliphatic heterocycles. The zero-order chi connectivity index (χ0) is 28.9. The van der Waals surface area contributed by atoms with Crippen molar-refractivity contribution in [2.75, 3.05) is 57.4 Å². The number of benzene rings is 3. The van der Waals surface area contributed by atoms with E-state index in [-0.39, 0.29) is 37.4 Å². The Morgan fingerprint density at radius 2 is 1.71 bits per heavy atom. The molecule has 2 heterocycles. The number of primary amides is 1. The number of Topliss-reactive ketones (excluding diaryl/α,β-unsaturated/α-hetero) is 1. The lowest BCUT2D eigenvalue weighted by Gasteiger charge is -2.32. The lowest BCUT2D eigenvalue weighted by molar-refractivity contribution is -0.124. The Morgan fingerprint density at radius 3 is 2.44 bits per heavy atom. The van der Waals surface area contributed by atoms with E-state index in [1.165, 1.54) is 4.90 Å². The van der Waals surface area contributed by atoms with E-state index in [1.807, 2.05) is 62.4 Å². The molecule has 0 radical (unpaired) electrons. The third-order valence-corrected chi connectivity index (χ3v) is 7.74. The van der Waals surface area contributed by atoms with Gasteiger partial charge in [-0.1, -0.05) is 36.4 Å². The van der Waals surface area contributed by atoms with Gasteiger partial charge in [0.05, 0.1) is 32.0 Å². The SMILES string of the molecule is Cc1cc2c(cc1C)N(CC(=O)CNC(CN1CCOCC1)c1ccc(-c3cccc(C(N)=O)c3)cc1)C(=O)CO2. The first kappa shape index (κ1) is 28.5. The fourth-order valence-corrected chi connectivity index (χ4v) is 5.19. The molecule has 5 rings (SSSR count). The van der Waals surface area contributed by atoms with Gasteiger partial charge >= 0.3 is 0 Å². The Hall–Kier alpha value is -4.05. The van der Waals surface area contributed by atoms with Gasteiger partial charge in [-0.05, 0) is 65.9 Å². The number of carbonyl (C=O) groups excluding carboxylic acids is 3. The van der Waals surface area contributed by atoms with Crippen LogP contribution in [0.3, 0.4) is 0 Å². The second kappa shape index (κ2) is 12.6. The number of hydrogen-bond donors (Lipinski definition) is 2. The highest BCUT2D eigenvalue weighted by Crippen LogP contribution is 2.34. The molecule has 1 saturated heterocycles. The van der Waals surface area contributed by atoms with E-state index in [9.17, 15) is 14.4 Å². The number of rotatable bonds is 10. The number of nitrogens with zero attached hydrogens (tertiary/aromatic N) is 2. The zero-order valence-electron chi connectivity index (χ0n) is 23.5. The van der Waals surface area contributed by atoms with Crippen LogP contribution in [-0.2, 0) is 14.3 Å². The Balaban J connectivity index is 1.30. The molecule has 0 bridgehead atoms. The van der Waals surface area contributed by atoms with Gasteiger partial charge in [0.1, 0.15) is 5.75 Å². The molecule has 1 unspecified atom stereocenters. The Bertz CT molecular complexity index is 1430. The smallest absolute Gasteiger partial charge is 0.265 e. The molecule has 9 nitrogen and oxygen atoms in total. The van der Waals surface area contributed by atoms with Gasteiger partial charge in [0.2, 0.25) is 5.91 Å². The molecule has 0 saturated carbocycles. The molecule has 1 atom stereocenters. The van der Waals surface area contributed by atoms with E-state index in [0.717, 1.165) is 40.9 Å². The van der Waals surface area contributed by atoms with Gasteiger partial charge in [0.15, 0.2) is 12.4 Å². The van der Waals surface area contributed by atoms with Gasteiger partial charge in [0.25, 0.3) is 5.91 Å². The van der Waals surface area contributed by atoms with E-state index < -0.39 is 5.91 Å². The van der Waals surface area contributed by atoms with Crippen molar-refractivity contribution in [2.24, 2.45) is 5.73 Å². The minimum atomic E-state index is -0.463. The van der Waals surface area contributed by atoms with Gasteiger partial charge in [-0.25, -0.2) is 0 Å². The summed E-state index contributed by atoms with van der Waals surface area (Å²) in [7, 11) is 0. The van der Waals surface area contributed by atoms with Crippen LogP contribution in [0.5, 0.6) is 5.75 Å². The summed E-state index contributed by atoms with van der Waals surface area (Å²) in [5.41, 5.74) is 11.6. The molecule has 3 aromatic rings. The van der Waals surface area contributed by atoms with E-state index in [2.05, 4.69) is 10.2 Å². The lowest BCUT2D eigenvalue weighted by Crippen LogP contribution is -2.46. The highest BCUT2D eigenvalue weighted by molar-refractivity contribution is 6.03. The summed E-state index contributed by atoms with van der Waals surface area (Å²) < 4.78 is 11.1. The van der Waals surface area contributed by atoms with Crippen molar-refractivity contribution in [2.45, 2.75) is 19.9 Å². The van der Waals surface area contributed by atoms with Gasteiger partial charge in [-0.2, -0.15) is 0 Å². The summed E-state index contributed by atoms with van der Waals surface area (Å²) in [6, 6.07) is 19.1. The largest absolute Gasteiger partial charge is 0.482 e. The minimum Gasteiger partial charge on any atom is -0.482 e. The molecule has 0 aliphatic carbocycles. The highest BCUT2D eigenvalue weighted by Gasteiger charge is 2.28. The summed E-state index contributed by atoms with van der Waals surface area (Å²) in [4.78, 5) is 41.4. The Kier molecular flexibility index (Phi) is 8.78. The van der Waals surface area contributed by atoms with Crippen molar-refractivity contribution in [3.05, 3.63) is 82.9 Å². The number of nitrogens with one attached hydrogen (secondary N) is 1. The summed E-state index contributed by atoms with van der Waals surface area (Å²) in [6.45, 7) is 7.70. The summed E-state index contributed by atoms with van der Waals surface area (Å²) in [6.07, 6.45) is 0. The number of nitrogens with two attached hydrogens (primary N) is 1. The predicted octanol–water partition coefficient (Wildman–Crippen LogP) is 3.03. The maximum Gasteiger partial charge on any atom is 0.265 e. The van der Waals surface area contributed by atoms with Crippen molar-refractivity contribution < 1.29 is 23.9 Å². The van der Waals surface area contributed by atoms with Crippen LogP contribution in [0.2, 0.25) is 0 Å². The lowest BCUT2D eigenvalue weighted by atomic mass is 9.99. The summed E-state index contributed by atoms with van der Waals surface area (Å²) in [5.74, 6) is -0.151. The van der Waals surface area contributed by atoms with Crippen LogP contribution >= 0.6 is 0 Å². The Labute approximate surface area is 240 Å². The molecular formula is C32H36N4O5. The molecule has 3 aromatic carbocycles. The first-order valence-electron chi connectivity index (χ1n) is 13.9. The standard InChI is InChI=1S/C32H36N4O5/c1-21-14-29-30(15-22(21)2)41-20-31(38)36(29)18-27(37)17-34-28(19-35-10-12-40-13-11-35)24-8-6-23(7-9-24)25-4-3-5-26(16-25)32(33)39/h3-9,14-16,28,34H,10-13,17-20H2,1-2H3,(H2,33,39). The molecular weight excluding hydrogens is 520 g/mol. The fourth-order valence-electron chi connectivity index (χ4n) is 5.19. The number of hydrogen-bond acceptors (Lipinski definition) is 7. The van der Waals surface area contributed by atoms with Crippen LogP contribution in [0, 0.1) is 13.8 Å². The number of anilines is 1. The van der Waals surface area contributed by atoms with Crippen LogP contribution < -0.4 is 20.7 Å². The van der Waals surface area contributed by atoms with Crippen LogP contribution in [-0.4, -0.2) is 75.0 Å². The second-order valence-corrected chi connectivity index (χ2v) is 10.6. The topological polar surface area (TPSA) is 114 Å². The first-order valence-corrected chi connectivity index (χ1v) is 13.9. The van der Waals surface area contributed by atoms with Crippen molar-refractivity contribution in [1.29, 1.82) is 0 Å².